The van der Waals surface area contributed by atoms with Crippen LogP contribution in [0.15, 0.2) is 51.9 Å². The maximum atomic E-state index is 12.6. The topological polar surface area (TPSA) is 104 Å². The lowest BCUT2D eigenvalue weighted by atomic mass is 10.2. The van der Waals surface area contributed by atoms with Crippen LogP contribution >= 0.6 is 0 Å². The molecule has 3 aromatic rings. The number of hydrogen-bond donors (Lipinski definition) is 1. The molecular formula is C16H13N3O5S. The summed E-state index contributed by atoms with van der Waals surface area (Å²) in [6, 6.07) is 11.2. The van der Waals surface area contributed by atoms with Crippen LogP contribution in [0.25, 0.3) is 11.5 Å². The van der Waals surface area contributed by atoms with Crippen molar-refractivity contribution >= 4 is 15.7 Å². The average Bonchev–Trinajstić information content (AvgIpc) is 3.22. The second-order valence-electron chi connectivity index (χ2n) is 5.35. The van der Waals surface area contributed by atoms with Gasteiger partial charge >= 0.3 is 0 Å². The van der Waals surface area contributed by atoms with E-state index in [4.69, 9.17) is 14.0 Å². The first-order chi connectivity index (χ1) is 12.0. The molecule has 0 saturated heterocycles. The molecule has 1 aliphatic rings. The highest BCUT2D eigenvalue weighted by Crippen LogP contribution is 2.34. The van der Waals surface area contributed by atoms with Crippen molar-refractivity contribution in [2.75, 3.05) is 11.5 Å². The summed E-state index contributed by atoms with van der Waals surface area (Å²) in [5.41, 5.74) is 0.998. The minimum absolute atomic E-state index is 0.0794. The Morgan fingerprint density at radius 1 is 1.08 bits per heavy atom. The summed E-state index contributed by atoms with van der Waals surface area (Å²) in [4.78, 5) is 4.21. The molecule has 0 radical (unpaired) electrons. The van der Waals surface area contributed by atoms with E-state index in [1.54, 1.807) is 37.3 Å². The van der Waals surface area contributed by atoms with E-state index in [1.165, 1.54) is 12.1 Å². The first kappa shape index (κ1) is 15.5. The molecule has 0 bridgehead atoms. The summed E-state index contributed by atoms with van der Waals surface area (Å²) in [5.74, 6) is 1.74. The predicted octanol–water partition coefficient (Wildman–Crippen LogP) is 2.57. The zero-order chi connectivity index (χ0) is 17.4. The van der Waals surface area contributed by atoms with Crippen molar-refractivity contribution in [2.24, 2.45) is 0 Å². The average molecular weight is 359 g/mol. The lowest BCUT2D eigenvalue weighted by Crippen LogP contribution is -2.12. The Labute approximate surface area is 143 Å². The van der Waals surface area contributed by atoms with Gasteiger partial charge in [0, 0.05) is 17.3 Å². The molecule has 1 aromatic heterocycles. The molecule has 0 fully saturated rings. The minimum Gasteiger partial charge on any atom is -0.454 e. The molecule has 8 nitrogen and oxygen atoms in total. The number of anilines is 1. The SMILES string of the molecule is Cc1noc(-c2cccc(NS(=O)(=O)c3ccc4c(c3)OCO4)c2)n1. The second-order valence-corrected chi connectivity index (χ2v) is 7.03. The zero-order valence-electron chi connectivity index (χ0n) is 13.1. The third-order valence-corrected chi connectivity index (χ3v) is 4.92. The van der Waals surface area contributed by atoms with Crippen LogP contribution in [0.4, 0.5) is 5.69 Å². The van der Waals surface area contributed by atoms with Crippen LogP contribution in [0.2, 0.25) is 0 Å². The number of fused-ring (bicyclic) bond motifs is 1. The van der Waals surface area contributed by atoms with Crippen molar-refractivity contribution < 1.29 is 22.4 Å². The van der Waals surface area contributed by atoms with Gasteiger partial charge in [0.25, 0.3) is 15.9 Å². The number of benzene rings is 2. The van der Waals surface area contributed by atoms with Gasteiger partial charge in [0.1, 0.15) is 0 Å². The third-order valence-electron chi connectivity index (χ3n) is 3.54. The highest BCUT2D eigenvalue weighted by Gasteiger charge is 2.20. The number of aryl methyl sites for hydroxylation is 1. The molecule has 2 aromatic carbocycles. The zero-order valence-corrected chi connectivity index (χ0v) is 13.9. The van der Waals surface area contributed by atoms with Crippen LogP contribution in [0, 0.1) is 6.92 Å². The van der Waals surface area contributed by atoms with Crippen molar-refractivity contribution in [3.05, 3.63) is 48.3 Å². The van der Waals surface area contributed by atoms with Crippen molar-refractivity contribution in [3.8, 4) is 23.0 Å². The lowest BCUT2D eigenvalue weighted by Gasteiger charge is -2.09. The fourth-order valence-corrected chi connectivity index (χ4v) is 3.45. The smallest absolute Gasteiger partial charge is 0.262 e. The molecular weight excluding hydrogens is 346 g/mol. The lowest BCUT2D eigenvalue weighted by molar-refractivity contribution is 0.174. The Morgan fingerprint density at radius 2 is 1.92 bits per heavy atom. The molecule has 1 aliphatic heterocycles. The fourth-order valence-electron chi connectivity index (χ4n) is 2.39. The van der Waals surface area contributed by atoms with Gasteiger partial charge in [-0.1, -0.05) is 11.2 Å². The summed E-state index contributed by atoms with van der Waals surface area (Å²) >= 11 is 0. The van der Waals surface area contributed by atoms with Crippen LogP contribution in [-0.4, -0.2) is 25.4 Å². The minimum atomic E-state index is -3.78. The van der Waals surface area contributed by atoms with Crippen molar-refractivity contribution in [2.45, 2.75) is 11.8 Å². The molecule has 0 unspecified atom stereocenters. The Bertz CT molecular complexity index is 1050. The Hall–Kier alpha value is -3.07. The van der Waals surface area contributed by atoms with E-state index in [0.717, 1.165) is 0 Å². The third kappa shape index (κ3) is 3.01. The molecule has 0 saturated carbocycles. The maximum Gasteiger partial charge on any atom is 0.262 e. The molecule has 2 heterocycles. The highest BCUT2D eigenvalue weighted by atomic mass is 32.2. The van der Waals surface area contributed by atoms with Crippen LogP contribution < -0.4 is 14.2 Å². The van der Waals surface area contributed by atoms with Gasteiger partial charge < -0.3 is 14.0 Å². The van der Waals surface area contributed by atoms with Gasteiger partial charge in [-0.3, -0.25) is 4.72 Å². The molecule has 0 aliphatic carbocycles. The van der Waals surface area contributed by atoms with Crippen LogP contribution in [-0.2, 0) is 10.0 Å². The van der Waals surface area contributed by atoms with Gasteiger partial charge in [-0.05, 0) is 37.3 Å². The van der Waals surface area contributed by atoms with E-state index in [2.05, 4.69) is 14.9 Å². The summed E-state index contributed by atoms with van der Waals surface area (Å²) in [5, 5.41) is 3.73. The normalized spacial score (nSPS) is 13.0. The number of aromatic nitrogens is 2. The monoisotopic (exact) mass is 359 g/mol. The predicted molar refractivity (Wildman–Crippen MR) is 87.8 cm³/mol. The fraction of sp³-hybridized carbons (Fsp3) is 0.125. The van der Waals surface area contributed by atoms with Crippen LogP contribution in [0.1, 0.15) is 5.82 Å². The molecule has 0 amide bonds. The van der Waals surface area contributed by atoms with Gasteiger partial charge in [0.15, 0.2) is 17.3 Å². The number of hydrogen-bond acceptors (Lipinski definition) is 7. The first-order valence-electron chi connectivity index (χ1n) is 7.34. The van der Waals surface area contributed by atoms with Crippen LogP contribution in [0.5, 0.6) is 11.5 Å². The number of sulfonamides is 1. The first-order valence-corrected chi connectivity index (χ1v) is 8.83. The molecule has 0 spiro atoms. The summed E-state index contributed by atoms with van der Waals surface area (Å²) in [6.07, 6.45) is 0. The van der Waals surface area contributed by atoms with Crippen molar-refractivity contribution in [1.82, 2.24) is 10.1 Å². The van der Waals surface area contributed by atoms with E-state index < -0.39 is 10.0 Å². The van der Waals surface area contributed by atoms with Gasteiger partial charge in [-0.2, -0.15) is 4.98 Å². The highest BCUT2D eigenvalue weighted by molar-refractivity contribution is 7.92. The van der Waals surface area contributed by atoms with E-state index in [-0.39, 0.29) is 11.7 Å². The molecule has 1 N–H and O–H groups in total. The molecule has 9 heteroatoms. The number of nitrogens with zero attached hydrogens (tertiary/aromatic N) is 2. The standard InChI is InChI=1S/C16H13N3O5S/c1-10-17-16(24-18-10)11-3-2-4-12(7-11)19-25(20,21)13-5-6-14-15(8-13)23-9-22-14/h2-8,19H,9H2,1H3. The Morgan fingerprint density at radius 3 is 2.72 bits per heavy atom. The number of nitrogens with one attached hydrogen (secondary N) is 1. The van der Waals surface area contributed by atoms with Gasteiger partial charge in [0.2, 0.25) is 6.79 Å². The summed E-state index contributed by atoms with van der Waals surface area (Å²) < 4.78 is 43.2. The van der Waals surface area contributed by atoms with Gasteiger partial charge in [-0.25, -0.2) is 8.42 Å². The quantitative estimate of drug-likeness (QED) is 0.763. The largest absolute Gasteiger partial charge is 0.454 e. The van der Waals surface area contributed by atoms with E-state index >= 15 is 0 Å². The van der Waals surface area contributed by atoms with Crippen LogP contribution in [0.3, 0.4) is 0 Å². The van der Waals surface area contributed by atoms with E-state index in [9.17, 15) is 8.42 Å². The molecule has 128 valence electrons. The number of rotatable bonds is 4. The van der Waals surface area contributed by atoms with Crippen molar-refractivity contribution in [3.63, 3.8) is 0 Å². The molecule has 4 rings (SSSR count). The summed E-state index contributed by atoms with van der Waals surface area (Å²) in [6.45, 7) is 1.79. The van der Waals surface area contributed by atoms with Crippen molar-refractivity contribution in [1.29, 1.82) is 0 Å². The molecule has 25 heavy (non-hydrogen) atoms. The van der Waals surface area contributed by atoms with E-state index in [0.29, 0.717) is 34.5 Å². The second kappa shape index (κ2) is 5.78. The number of ether oxygens (including phenoxy) is 2. The Balaban J connectivity index is 1.63. The van der Waals surface area contributed by atoms with E-state index in [1.807, 2.05) is 0 Å². The molecule has 0 atom stereocenters. The maximum absolute atomic E-state index is 12.6. The van der Waals surface area contributed by atoms with Gasteiger partial charge in [-0.15, -0.1) is 0 Å². The van der Waals surface area contributed by atoms with Gasteiger partial charge in [0.05, 0.1) is 4.90 Å². The Kier molecular flexibility index (Phi) is 3.57. The summed E-state index contributed by atoms with van der Waals surface area (Å²) in [7, 11) is -3.78.